The molecule has 0 aliphatic heterocycles. The molecular weight excluding hydrogens is 238 g/mol. The summed E-state index contributed by atoms with van der Waals surface area (Å²) in [5, 5.41) is 11.7. The van der Waals surface area contributed by atoms with Gasteiger partial charge in [0.15, 0.2) is 0 Å². The lowest BCUT2D eigenvalue weighted by Crippen LogP contribution is -2.22. The van der Waals surface area contributed by atoms with Gasteiger partial charge in [-0.05, 0) is 31.9 Å². The van der Waals surface area contributed by atoms with Crippen LogP contribution in [0.25, 0.3) is 0 Å². The highest BCUT2D eigenvalue weighted by atomic mass is 16.5. The molecule has 0 bridgehead atoms. The van der Waals surface area contributed by atoms with Gasteiger partial charge in [-0.2, -0.15) is 5.10 Å². The van der Waals surface area contributed by atoms with Crippen molar-refractivity contribution < 1.29 is 4.74 Å². The highest BCUT2D eigenvalue weighted by molar-refractivity contribution is 5.14. The van der Waals surface area contributed by atoms with Gasteiger partial charge in [0.1, 0.15) is 0 Å². The number of methoxy groups -OCH3 is 1. The minimum atomic E-state index is 0.284. The van der Waals surface area contributed by atoms with Crippen molar-refractivity contribution in [3.8, 4) is 5.88 Å². The van der Waals surface area contributed by atoms with Crippen LogP contribution in [0, 0.1) is 0 Å². The van der Waals surface area contributed by atoms with E-state index >= 15 is 0 Å². The Morgan fingerprint density at radius 2 is 2.16 bits per heavy atom. The lowest BCUT2D eigenvalue weighted by Gasteiger charge is -2.16. The lowest BCUT2D eigenvalue weighted by atomic mass is 10.0. The topological polar surface area (TPSA) is 47.0 Å². The van der Waals surface area contributed by atoms with Crippen LogP contribution in [-0.2, 0) is 0 Å². The Labute approximate surface area is 116 Å². The van der Waals surface area contributed by atoms with Crippen molar-refractivity contribution in [2.75, 3.05) is 13.7 Å². The first kappa shape index (κ1) is 15.6. The molecule has 1 aromatic heterocycles. The predicted octanol–water partition coefficient (Wildman–Crippen LogP) is 3.27. The van der Waals surface area contributed by atoms with E-state index in [1.54, 1.807) is 7.11 Å². The molecule has 4 heteroatoms. The molecule has 106 valence electrons. The molecule has 0 aromatic carbocycles. The third kappa shape index (κ3) is 5.83. The molecule has 1 heterocycles. The number of hydrogen-bond donors (Lipinski definition) is 1. The van der Waals surface area contributed by atoms with Crippen LogP contribution in [0.15, 0.2) is 24.8 Å². The minimum Gasteiger partial charge on any atom is -0.480 e. The highest BCUT2D eigenvalue weighted by Crippen LogP contribution is 2.19. The van der Waals surface area contributed by atoms with Gasteiger partial charge in [-0.3, -0.25) is 0 Å². The first-order chi connectivity index (χ1) is 9.31. The summed E-state index contributed by atoms with van der Waals surface area (Å²) in [4.78, 5) is 0. The molecule has 1 rings (SSSR count). The molecule has 0 saturated carbocycles. The summed E-state index contributed by atoms with van der Waals surface area (Å²) in [6.07, 6.45) is 7.82. The Morgan fingerprint density at radius 3 is 2.74 bits per heavy atom. The molecule has 1 aromatic rings. The summed E-state index contributed by atoms with van der Waals surface area (Å²) in [5.74, 6) is 0.560. The van der Waals surface area contributed by atoms with Gasteiger partial charge in [0, 0.05) is 6.07 Å². The van der Waals surface area contributed by atoms with Gasteiger partial charge in [-0.1, -0.05) is 25.8 Å². The summed E-state index contributed by atoms with van der Waals surface area (Å²) in [6.45, 7) is 6.79. The number of aromatic nitrogens is 2. The van der Waals surface area contributed by atoms with Crippen LogP contribution in [0.3, 0.4) is 0 Å². The molecule has 4 nitrogen and oxygen atoms in total. The second-order valence-electron chi connectivity index (χ2n) is 4.54. The Morgan fingerprint density at radius 1 is 1.32 bits per heavy atom. The zero-order valence-corrected chi connectivity index (χ0v) is 12.1. The van der Waals surface area contributed by atoms with Crippen LogP contribution in [0.4, 0.5) is 0 Å². The number of nitrogens with one attached hydrogen (secondary N) is 1. The number of nitrogens with zero attached hydrogens (tertiary/aromatic N) is 2. The summed E-state index contributed by atoms with van der Waals surface area (Å²) in [7, 11) is 1.60. The van der Waals surface area contributed by atoms with E-state index in [1.807, 2.05) is 18.2 Å². The zero-order chi connectivity index (χ0) is 13.9. The van der Waals surface area contributed by atoms with Gasteiger partial charge in [-0.25, -0.2) is 0 Å². The summed E-state index contributed by atoms with van der Waals surface area (Å²) in [6, 6.07) is 4.14. The van der Waals surface area contributed by atoms with Crippen molar-refractivity contribution in [1.29, 1.82) is 0 Å². The Kier molecular flexibility index (Phi) is 7.82. The molecule has 0 fully saturated rings. The van der Waals surface area contributed by atoms with Gasteiger partial charge >= 0.3 is 0 Å². The maximum Gasteiger partial charge on any atom is 0.233 e. The molecule has 19 heavy (non-hydrogen) atoms. The van der Waals surface area contributed by atoms with Crippen molar-refractivity contribution in [3.63, 3.8) is 0 Å². The van der Waals surface area contributed by atoms with Crippen molar-refractivity contribution in [3.05, 3.63) is 30.5 Å². The van der Waals surface area contributed by atoms with E-state index in [2.05, 4.69) is 29.0 Å². The van der Waals surface area contributed by atoms with E-state index in [0.29, 0.717) is 5.88 Å². The molecule has 0 spiro atoms. The van der Waals surface area contributed by atoms with E-state index in [1.165, 1.54) is 19.3 Å². The standard InChI is InChI=1S/C15H25N3O/c1-4-6-7-8-9-10-13(16-5-2)14-11-12-15(19-3)18-17-14/h4,11-13,16H,1,5-10H2,2-3H3. The van der Waals surface area contributed by atoms with Gasteiger partial charge in [-0.15, -0.1) is 11.7 Å². The molecule has 0 aliphatic rings. The molecule has 1 N–H and O–H groups in total. The van der Waals surface area contributed by atoms with Crippen LogP contribution in [0.2, 0.25) is 0 Å². The fourth-order valence-electron chi connectivity index (χ4n) is 2.04. The molecule has 0 aliphatic carbocycles. The van der Waals surface area contributed by atoms with Gasteiger partial charge in [0.2, 0.25) is 5.88 Å². The highest BCUT2D eigenvalue weighted by Gasteiger charge is 2.12. The van der Waals surface area contributed by atoms with E-state index in [0.717, 1.165) is 25.1 Å². The predicted molar refractivity (Wildman–Crippen MR) is 78.3 cm³/mol. The maximum atomic E-state index is 5.03. The largest absolute Gasteiger partial charge is 0.480 e. The van der Waals surface area contributed by atoms with Crippen molar-refractivity contribution in [2.45, 2.75) is 45.1 Å². The fourth-order valence-corrected chi connectivity index (χ4v) is 2.04. The van der Waals surface area contributed by atoms with E-state index in [-0.39, 0.29) is 6.04 Å². The SMILES string of the molecule is C=CCCCCCC(NCC)c1ccc(OC)nn1. The van der Waals surface area contributed by atoms with Crippen LogP contribution >= 0.6 is 0 Å². The average Bonchev–Trinajstić information content (AvgIpc) is 2.46. The maximum absolute atomic E-state index is 5.03. The van der Waals surface area contributed by atoms with Crippen molar-refractivity contribution in [1.82, 2.24) is 15.5 Å². The third-order valence-electron chi connectivity index (χ3n) is 3.08. The zero-order valence-electron chi connectivity index (χ0n) is 12.1. The van der Waals surface area contributed by atoms with Crippen molar-refractivity contribution in [2.24, 2.45) is 0 Å². The minimum absolute atomic E-state index is 0.284. The van der Waals surface area contributed by atoms with E-state index in [9.17, 15) is 0 Å². The molecule has 1 atom stereocenters. The summed E-state index contributed by atoms with van der Waals surface area (Å²) >= 11 is 0. The monoisotopic (exact) mass is 263 g/mol. The molecule has 0 amide bonds. The molecular formula is C15H25N3O. The first-order valence-electron chi connectivity index (χ1n) is 7.03. The van der Waals surface area contributed by atoms with Crippen molar-refractivity contribution >= 4 is 0 Å². The van der Waals surface area contributed by atoms with Crippen LogP contribution in [0.1, 0.15) is 50.8 Å². The number of hydrogen-bond acceptors (Lipinski definition) is 4. The fraction of sp³-hybridized carbons (Fsp3) is 0.600. The number of unbranched alkanes of at least 4 members (excludes halogenated alkanes) is 3. The van der Waals surface area contributed by atoms with Crippen LogP contribution < -0.4 is 10.1 Å². The number of allylic oxidation sites excluding steroid dienone is 1. The number of rotatable bonds is 10. The third-order valence-corrected chi connectivity index (χ3v) is 3.08. The average molecular weight is 263 g/mol. The molecule has 0 radical (unpaired) electrons. The van der Waals surface area contributed by atoms with Gasteiger partial charge in [0.25, 0.3) is 0 Å². The Balaban J connectivity index is 2.47. The van der Waals surface area contributed by atoms with E-state index in [4.69, 9.17) is 4.74 Å². The van der Waals surface area contributed by atoms with E-state index < -0.39 is 0 Å². The molecule has 1 unspecified atom stereocenters. The summed E-state index contributed by atoms with van der Waals surface area (Å²) in [5.41, 5.74) is 0.992. The quantitative estimate of drug-likeness (QED) is 0.520. The number of ether oxygens (including phenoxy) is 1. The second-order valence-corrected chi connectivity index (χ2v) is 4.54. The van der Waals surface area contributed by atoms with Gasteiger partial charge in [0.05, 0.1) is 18.8 Å². The van der Waals surface area contributed by atoms with Gasteiger partial charge < -0.3 is 10.1 Å². The Hall–Kier alpha value is -1.42. The van der Waals surface area contributed by atoms with Crippen LogP contribution in [-0.4, -0.2) is 23.9 Å². The Bertz CT molecular complexity index is 351. The lowest BCUT2D eigenvalue weighted by molar-refractivity contribution is 0.388. The normalized spacial score (nSPS) is 12.1. The van der Waals surface area contributed by atoms with Crippen LogP contribution in [0.5, 0.6) is 5.88 Å². The molecule has 0 saturated heterocycles. The summed E-state index contributed by atoms with van der Waals surface area (Å²) < 4.78 is 5.03. The second kappa shape index (κ2) is 9.50. The first-order valence-corrected chi connectivity index (χ1v) is 7.03. The smallest absolute Gasteiger partial charge is 0.233 e.